The van der Waals surface area contributed by atoms with E-state index in [-0.39, 0.29) is 38.3 Å². The SMILES string of the molecule is C.C.O=C1Cc2cc(-c3cscn3)ccc2N1.O=C1Cc2cc(C(=O)CCl)ccc2N1. The van der Waals surface area contributed by atoms with Crippen molar-refractivity contribution in [1.29, 1.82) is 0 Å². The van der Waals surface area contributed by atoms with Crippen LogP contribution in [0.5, 0.6) is 0 Å². The summed E-state index contributed by atoms with van der Waals surface area (Å²) in [6.45, 7) is 0. The maximum Gasteiger partial charge on any atom is 0.228 e. The van der Waals surface area contributed by atoms with Crippen LogP contribution in [0.25, 0.3) is 11.3 Å². The first-order chi connectivity index (χ1) is 14.0. The maximum atomic E-state index is 11.3. The molecular weight excluding hydrogens is 434 g/mol. The lowest BCUT2D eigenvalue weighted by Crippen LogP contribution is -2.03. The summed E-state index contributed by atoms with van der Waals surface area (Å²) in [7, 11) is 0. The second kappa shape index (κ2) is 10.3. The molecule has 2 amide bonds. The summed E-state index contributed by atoms with van der Waals surface area (Å²) in [6, 6.07) is 11.1. The van der Waals surface area contributed by atoms with Crippen LogP contribution in [0.3, 0.4) is 0 Å². The molecule has 1 aromatic heterocycles. The van der Waals surface area contributed by atoms with Gasteiger partial charge in [0.05, 0.1) is 29.9 Å². The van der Waals surface area contributed by atoms with E-state index in [1.807, 2.05) is 29.1 Å². The number of alkyl halides is 1. The molecule has 5 rings (SSSR count). The van der Waals surface area contributed by atoms with Gasteiger partial charge in [0.25, 0.3) is 0 Å². The van der Waals surface area contributed by atoms with E-state index in [9.17, 15) is 14.4 Å². The number of fused-ring (bicyclic) bond motifs is 2. The second-order valence-electron chi connectivity index (χ2n) is 6.62. The fourth-order valence-corrected chi connectivity index (χ4v) is 3.94. The number of amides is 2. The van der Waals surface area contributed by atoms with E-state index in [4.69, 9.17) is 11.6 Å². The molecule has 3 aromatic rings. The molecule has 2 aliphatic heterocycles. The number of halogens is 1. The van der Waals surface area contributed by atoms with E-state index in [0.29, 0.717) is 18.4 Å². The Morgan fingerprint density at radius 3 is 2.16 bits per heavy atom. The number of rotatable bonds is 3. The number of Topliss-reactive ketones (excluding diaryl/α,β-unsaturated/α-hetero) is 1. The van der Waals surface area contributed by atoms with Gasteiger partial charge < -0.3 is 10.6 Å². The molecule has 0 unspecified atom stereocenters. The van der Waals surface area contributed by atoms with Crippen molar-refractivity contribution in [3.63, 3.8) is 0 Å². The smallest absolute Gasteiger partial charge is 0.228 e. The molecule has 0 spiro atoms. The van der Waals surface area contributed by atoms with Gasteiger partial charge in [0, 0.05) is 27.9 Å². The van der Waals surface area contributed by atoms with Crippen LogP contribution in [0.2, 0.25) is 0 Å². The molecule has 0 atom stereocenters. The van der Waals surface area contributed by atoms with Crippen LogP contribution >= 0.6 is 22.9 Å². The van der Waals surface area contributed by atoms with Gasteiger partial charge in [-0.05, 0) is 41.5 Å². The van der Waals surface area contributed by atoms with E-state index >= 15 is 0 Å². The highest BCUT2D eigenvalue weighted by Crippen LogP contribution is 2.28. The first-order valence-corrected chi connectivity index (χ1v) is 10.3. The first-order valence-electron chi connectivity index (χ1n) is 8.87. The Kier molecular flexibility index (Phi) is 8.08. The summed E-state index contributed by atoms with van der Waals surface area (Å²) >= 11 is 7.01. The van der Waals surface area contributed by atoms with Gasteiger partial charge in [-0.2, -0.15) is 0 Å². The Bertz CT molecular complexity index is 1110. The van der Waals surface area contributed by atoms with E-state index in [0.717, 1.165) is 33.8 Å². The highest BCUT2D eigenvalue weighted by Gasteiger charge is 2.19. The average molecular weight is 458 g/mol. The third-order valence-electron chi connectivity index (χ3n) is 4.63. The van der Waals surface area contributed by atoms with Crippen LogP contribution < -0.4 is 10.6 Å². The summed E-state index contributed by atoms with van der Waals surface area (Å²) in [5, 5.41) is 7.52. The second-order valence-corrected chi connectivity index (χ2v) is 7.61. The zero-order valence-corrected chi connectivity index (χ0v) is 16.8. The first kappa shape index (κ1) is 24.2. The van der Waals surface area contributed by atoms with Gasteiger partial charge in [-0.25, -0.2) is 4.98 Å². The lowest BCUT2D eigenvalue weighted by atomic mass is 10.1. The molecule has 0 radical (unpaired) electrons. The molecule has 0 saturated carbocycles. The third kappa shape index (κ3) is 5.37. The van der Waals surface area contributed by atoms with Crippen molar-refractivity contribution in [3.05, 3.63) is 64.0 Å². The van der Waals surface area contributed by atoms with Gasteiger partial charge in [-0.15, -0.1) is 22.9 Å². The van der Waals surface area contributed by atoms with Crippen molar-refractivity contribution in [2.24, 2.45) is 0 Å². The quantitative estimate of drug-likeness (QED) is 0.419. The van der Waals surface area contributed by atoms with Crippen LogP contribution in [-0.2, 0) is 22.4 Å². The van der Waals surface area contributed by atoms with E-state index in [2.05, 4.69) is 15.6 Å². The number of nitrogens with one attached hydrogen (secondary N) is 2. The van der Waals surface area contributed by atoms with Crippen molar-refractivity contribution >= 4 is 51.9 Å². The molecule has 31 heavy (non-hydrogen) atoms. The fourth-order valence-electron chi connectivity index (χ4n) is 3.22. The van der Waals surface area contributed by atoms with Gasteiger partial charge in [-0.3, -0.25) is 14.4 Å². The number of hydrogen-bond donors (Lipinski definition) is 2. The summed E-state index contributed by atoms with van der Waals surface area (Å²) in [5.41, 5.74) is 8.08. The topological polar surface area (TPSA) is 88.2 Å². The molecule has 162 valence electrons. The largest absolute Gasteiger partial charge is 0.326 e. The average Bonchev–Trinajstić information content (AvgIpc) is 3.44. The van der Waals surface area contributed by atoms with Gasteiger partial charge in [0.1, 0.15) is 0 Å². The molecule has 0 bridgehead atoms. The zero-order chi connectivity index (χ0) is 20.4. The van der Waals surface area contributed by atoms with Crippen molar-refractivity contribution in [2.75, 3.05) is 16.5 Å². The lowest BCUT2D eigenvalue weighted by Gasteiger charge is -2.00. The summed E-state index contributed by atoms with van der Waals surface area (Å²) < 4.78 is 0. The molecule has 0 aliphatic carbocycles. The molecule has 6 nitrogen and oxygen atoms in total. The molecule has 2 N–H and O–H groups in total. The number of carbonyl (C=O) groups excluding carboxylic acids is 3. The zero-order valence-electron chi connectivity index (χ0n) is 15.2. The van der Waals surface area contributed by atoms with Crippen molar-refractivity contribution in [3.8, 4) is 11.3 Å². The predicted octanol–water partition coefficient (Wildman–Crippen LogP) is 5.18. The number of anilines is 2. The highest BCUT2D eigenvalue weighted by molar-refractivity contribution is 7.07. The Balaban J connectivity index is 0.000000207. The third-order valence-corrected chi connectivity index (χ3v) is 5.46. The number of nitrogens with zero attached hydrogens (tertiary/aromatic N) is 1. The van der Waals surface area contributed by atoms with Crippen LogP contribution in [0.15, 0.2) is 47.3 Å². The van der Waals surface area contributed by atoms with Gasteiger partial charge in [0.15, 0.2) is 5.78 Å². The molecule has 3 heterocycles. The Morgan fingerprint density at radius 2 is 1.58 bits per heavy atom. The van der Waals surface area contributed by atoms with Gasteiger partial charge in [0.2, 0.25) is 11.8 Å². The van der Waals surface area contributed by atoms with Crippen LogP contribution in [0, 0.1) is 0 Å². The summed E-state index contributed by atoms with van der Waals surface area (Å²) in [6.07, 6.45) is 0.825. The minimum absolute atomic E-state index is 0. The van der Waals surface area contributed by atoms with E-state index in [1.54, 1.807) is 29.5 Å². The normalized spacial score (nSPS) is 12.8. The Morgan fingerprint density at radius 1 is 0.968 bits per heavy atom. The number of thiazole rings is 1. The monoisotopic (exact) mass is 457 g/mol. The van der Waals surface area contributed by atoms with Gasteiger partial charge in [-0.1, -0.05) is 20.9 Å². The lowest BCUT2D eigenvalue weighted by molar-refractivity contribution is -0.115. The van der Waals surface area contributed by atoms with E-state index < -0.39 is 0 Å². The Hall–Kier alpha value is -3.03. The van der Waals surface area contributed by atoms with Gasteiger partial charge >= 0.3 is 0 Å². The molecule has 8 heteroatoms. The Labute approximate surface area is 190 Å². The molecule has 2 aromatic carbocycles. The van der Waals surface area contributed by atoms with Crippen molar-refractivity contribution in [2.45, 2.75) is 27.7 Å². The van der Waals surface area contributed by atoms with Crippen LogP contribution in [0.1, 0.15) is 36.3 Å². The fraction of sp³-hybridized carbons (Fsp3) is 0.217. The van der Waals surface area contributed by atoms with Crippen LogP contribution in [-0.4, -0.2) is 28.5 Å². The summed E-state index contributed by atoms with van der Waals surface area (Å²) in [5.74, 6) is -0.107. The highest BCUT2D eigenvalue weighted by atomic mass is 35.5. The van der Waals surface area contributed by atoms with Crippen LogP contribution in [0.4, 0.5) is 11.4 Å². The van der Waals surface area contributed by atoms with E-state index in [1.165, 1.54) is 0 Å². The number of carbonyl (C=O) groups is 3. The van der Waals surface area contributed by atoms with Crippen molar-refractivity contribution in [1.82, 2.24) is 4.98 Å². The molecule has 2 aliphatic rings. The number of hydrogen-bond acceptors (Lipinski definition) is 5. The standard InChI is InChI=1S/C11H8N2OS.C10H8ClNO2.2CH4/c14-11-4-8-3-7(1-2-9(8)13-11)10-5-15-6-12-10;11-5-9(13)6-1-2-8-7(3-6)4-10(14)12-8;;/h1-3,5-6H,4H2,(H,13,14);1-3H,4-5H2,(H,12,14);2*1H4. The molecule has 0 fully saturated rings. The number of ketones is 1. The minimum atomic E-state index is -0.117. The number of aromatic nitrogens is 1. The molecular formula is C23H24ClN3O3S. The minimum Gasteiger partial charge on any atom is -0.326 e. The summed E-state index contributed by atoms with van der Waals surface area (Å²) in [4.78, 5) is 37.7. The number of benzene rings is 2. The molecule has 0 saturated heterocycles. The van der Waals surface area contributed by atoms with Crippen molar-refractivity contribution < 1.29 is 14.4 Å². The predicted molar refractivity (Wildman–Crippen MR) is 127 cm³/mol. The maximum absolute atomic E-state index is 11.3.